The smallest absolute Gasteiger partial charge is 0.302 e. The SMILES string of the molecule is CC(=O)OCCCCC(F)(F)CCCCCCBr. The Labute approximate surface area is 117 Å². The number of halogens is 3. The Bertz CT molecular complexity index is 223. The van der Waals surface area contributed by atoms with E-state index in [0.29, 0.717) is 19.3 Å². The normalized spacial score (nSPS) is 11.6. The van der Waals surface area contributed by atoms with Gasteiger partial charge in [-0.2, -0.15) is 0 Å². The molecule has 0 amide bonds. The first-order valence-electron chi connectivity index (χ1n) is 6.55. The average Bonchev–Trinajstić information content (AvgIpc) is 2.27. The van der Waals surface area contributed by atoms with Gasteiger partial charge in [-0.1, -0.05) is 28.8 Å². The molecule has 0 aliphatic carbocycles. The molecule has 0 aromatic rings. The van der Waals surface area contributed by atoms with Crippen molar-refractivity contribution in [3.63, 3.8) is 0 Å². The van der Waals surface area contributed by atoms with Crippen molar-refractivity contribution >= 4 is 21.9 Å². The standard InChI is InChI=1S/C13H23BrF2O2/c1-12(17)18-11-7-5-9-13(15,16)8-4-2-3-6-10-14/h2-11H2,1H3. The van der Waals surface area contributed by atoms with Gasteiger partial charge in [0.2, 0.25) is 5.92 Å². The van der Waals surface area contributed by atoms with Crippen LogP contribution < -0.4 is 0 Å². The summed E-state index contributed by atoms with van der Waals surface area (Å²) in [5, 5.41) is 0.944. The fourth-order valence-electron chi connectivity index (χ4n) is 1.66. The van der Waals surface area contributed by atoms with Crippen LogP contribution in [-0.2, 0) is 9.53 Å². The van der Waals surface area contributed by atoms with Crippen LogP contribution in [0.4, 0.5) is 8.78 Å². The maximum absolute atomic E-state index is 13.4. The minimum atomic E-state index is -2.56. The molecule has 0 radical (unpaired) electrons. The molecule has 0 atom stereocenters. The summed E-state index contributed by atoms with van der Waals surface area (Å²) in [6, 6.07) is 0. The number of esters is 1. The summed E-state index contributed by atoms with van der Waals surface area (Å²) in [5.74, 6) is -2.92. The highest BCUT2D eigenvalue weighted by atomic mass is 79.9. The van der Waals surface area contributed by atoms with Gasteiger partial charge in [0.25, 0.3) is 0 Å². The van der Waals surface area contributed by atoms with Gasteiger partial charge in [-0.15, -0.1) is 0 Å². The highest BCUT2D eigenvalue weighted by Gasteiger charge is 2.26. The molecule has 18 heavy (non-hydrogen) atoms. The van der Waals surface area contributed by atoms with Crippen LogP contribution in [0.25, 0.3) is 0 Å². The predicted octanol–water partition coefficient (Wildman–Crippen LogP) is 4.70. The molecule has 5 heteroatoms. The summed E-state index contributed by atoms with van der Waals surface area (Å²) in [6.07, 6.45) is 4.30. The van der Waals surface area contributed by atoms with Crippen molar-refractivity contribution in [2.75, 3.05) is 11.9 Å². The number of alkyl halides is 3. The van der Waals surface area contributed by atoms with E-state index in [1.54, 1.807) is 0 Å². The first kappa shape index (κ1) is 17.8. The molecular formula is C13H23BrF2O2. The monoisotopic (exact) mass is 328 g/mol. The molecule has 0 bridgehead atoms. The average molecular weight is 329 g/mol. The molecule has 0 heterocycles. The van der Waals surface area contributed by atoms with E-state index in [2.05, 4.69) is 15.9 Å². The molecule has 0 saturated heterocycles. The highest BCUT2D eigenvalue weighted by Crippen LogP contribution is 2.27. The number of unbranched alkanes of at least 4 members (excludes halogenated alkanes) is 4. The number of hydrogen-bond donors (Lipinski definition) is 0. The Morgan fingerprint density at radius 1 is 1.06 bits per heavy atom. The van der Waals surface area contributed by atoms with Crippen molar-refractivity contribution in [2.45, 2.75) is 64.2 Å². The second-order valence-corrected chi connectivity index (χ2v) is 5.30. The molecule has 0 saturated carbocycles. The van der Waals surface area contributed by atoms with Crippen molar-refractivity contribution < 1.29 is 18.3 Å². The lowest BCUT2D eigenvalue weighted by Crippen LogP contribution is -2.16. The largest absolute Gasteiger partial charge is 0.466 e. The van der Waals surface area contributed by atoms with E-state index >= 15 is 0 Å². The lowest BCUT2D eigenvalue weighted by atomic mass is 10.0. The van der Waals surface area contributed by atoms with Gasteiger partial charge in [-0.25, -0.2) is 8.78 Å². The second-order valence-electron chi connectivity index (χ2n) is 4.51. The van der Waals surface area contributed by atoms with Crippen LogP contribution in [0.5, 0.6) is 0 Å². The Morgan fingerprint density at radius 3 is 2.17 bits per heavy atom. The van der Waals surface area contributed by atoms with E-state index < -0.39 is 5.92 Å². The van der Waals surface area contributed by atoms with Gasteiger partial charge in [-0.05, 0) is 25.7 Å². The zero-order chi connectivity index (χ0) is 13.9. The van der Waals surface area contributed by atoms with E-state index in [-0.39, 0.29) is 25.4 Å². The summed E-state index contributed by atoms with van der Waals surface area (Å²) in [7, 11) is 0. The van der Waals surface area contributed by atoms with Gasteiger partial charge < -0.3 is 4.74 Å². The molecule has 0 spiro atoms. The summed E-state index contributed by atoms with van der Waals surface area (Å²) in [4.78, 5) is 10.5. The van der Waals surface area contributed by atoms with Crippen LogP contribution in [-0.4, -0.2) is 23.8 Å². The first-order valence-corrected chi connectivity index (χ1v) is 7.67. The number of carbonyl (C=O) groups is 1. The molecular weight excluding hydrogens is 306 g/mol. The number of ether oxygens (including phenoxy) is 1. The van der Waals surface area contributed by atoms with Crippen LogP contribution in [0.15, 0.2) is 0 Å². The Morgan fingerprint density at radius 2 is 1.61 bits per heavy atom. The van der Waals surface area contributed by atoms with E-state index in [9.17, 15) is 13.6 Å². The summed E-state index contributed by atoms with van der Waals surface area (Å²) in [6.45, 7) is 1.57. The number of hydrogen-bond acceptors (Lipinski definition) is 2. The maximum atomic E-state index is 13.4. The predicted molar refractivity (Wildman–Crippen MR) is 72.3 cm³/mol. The van der Waals surface area contributed by atoms with Crippen LogP contribution in [0, 0.1) is 0 Å². The number of rotatable bonds is 11. The molecule has 0 N–H and O–H groups in total. The topological polar surface area (TPSA) is 26.3 Å². The van der Waals surface area contributed by atoms with Crippen LogP contribution in [0.1, 0.15) is 58.3 Å². The van der Waals surface area contributed by atoms with Gasteiger partial charge >= 0.3 is 5.97 Å². The van der Waals surface area contributed by atoms with Gasteiger partial charge in [0, 0.05) is 25.1 Å². The zero-order valence-corrected chi connectivity index (χ0v) is 12.6. The minimum absolute atomic E-state index is 0.0249. The van der Waals surface area contributed by atoms with Crippen LogP contribution in [0.2, 0.25) is 0 Å². The molecule has 0 fully saturated rings. The zero-order valence-electron chi connectivity index (χ0n) is 11.0. The van der Waals surface area contributed by atoms with Crippen molar-refractivity contribution in [3.8, 4) is 0 Å². The van der Waals surface area contributed by atoms with Gasteiger partial charge in [0.1, 0.15) is 0 Å². The van der Waals surface area contributed by atoms with E-state index in [0.717, 1.165) is 24.6 Å². The fourth-order valence-corrected chi connectivity index (χ4v) is 2.05. The van der Waals surface area contributed by atoms with E-state index in [4.69, 9.17) is 4.74 Å². The van der Waals surface area contributed by atoms with E-state index in [1.807, 2.05) is 0 Å². The first-order chi connectivity index (χ1) is 8.48. The summed E-state index contributed by atoms with van der Waals surface area (Å²) < 4.78 is 31.5. The third-order valence-corrected chi connectivity index (χ3v) is 3.23. The number of carbonyl (C=O) groups excluding carboxylic acids is 1. The molecule has 0 aliphatic rings. The van der Waals surface area contributed by atoms with Crippen molar-refractivity contribution in [2.24, 2.45) is 0 Å². The third-order valence-electron chi connectivity index (χ3n) is 2.67. The maximum Gasteiger partial charge on any atom is 0.302 e. The van der Waals surface area contributed by atoms with Crippen molar-refractivity contribution in [1.29, 1.82) is 0 Å². The second kappa shape index (κ2) is 10.7. The Balaban J connectivity index is 3.45. The molecule has 0 aliphatic heterocycles. The molecule has 0 rings (SSSR count). The Kier molecular flexibility index (Phi) is 10.6. The van der Waals surface area contributed by atoms with Crippen LogP contribution in [0.3, 0.4) is 0 Å². The van der Waals surface area contributed by atoms with Crippen LogP contribution >= 0.6 is 15.9 Å². The molecule has 2 nitrogen and oxygen atoms in total. The molecule has 0 aromatic carbocycles. The van der Waals surface area contributed by atoms with Crippen molar-refractivity contribution in [3.05, 3.63) is 0 Å². The lowest BCUT2D eigenvalue weighted by Gasteiger charge is -2.15. The fraction of sp³-hybridized carbons (Fsp3) is 0.923. The third kappa shape index (κ3) is 12.3. The minimum Gasteiger partial charge on any atom is -0.466 e. The molecule has 108 valence electrons. The van der Waals surface area contributed by atoms with Crippen molar-refractivity contribution in [1.82, 2.24) is 0 Å². The molecule has 0 unspecified atom stereocenters. The van der Waals surface area contributed by atoms with E-state index in [1.165, 1.54) is 6.92 Å². The van der Waals surface area contributed by atoms with Gasteiger partial charge in [-0.3, -0.25) is 4.79 Å². The summed E-state index contributed by atoms with van der Waals surface area (Å²) in [5.41, 5.74) is 0. The Hall–Kier alpha value is -0.190. The quantitative estimate of drug-likeness (QED) is 0.312. The highest BCUT2D eigenvalue weighted by molar-refractivity contribution is 9.09. The van der Waals surface area contributed by atoms with Gasteiger partial charge in [0.15, 0.2) is 0 Å². The summed E-state index contributed by atoms with van der Waals surface area (Å²) >= 11 is 3.32. The molecule has 0 aromatic heterocycles. The van der Waals surface area contributed by atoms with Gasteiger partial charge in [0.05, 0.1) is 6.61 Å². The lowest BCUT2D eigenvalue weighted by molar-refractivity contribution is -0.141.